The number of likely N-dealkylation sites (N-methyl/N-ethyl adjacent to an activating group) is 1. The van der Waals surface area contributed by atoms with Gasteiger partial charge in [0.15, 0.2) is 0 Å². The molecule has 1 aliphatic heterocycles. The van der Waals surface area contributed by atoms with Crippen molar-refractivity contribution in [3.63, 3.8) is 0 Å². The zero-order valence-electron chi connectivity index (χ0n) is 12.0. The zero-order valence-corrected chi connectivity index (χ0v) is 12.7. The molecule has 2 rings (SSSR count). The first-order valence-corrected chi connectivity index (χ1v) is 7.59. The third kappa shape index (κ3) is 4.80. The summed E-state index contributed by atoms with van der Waals surface area (Å²) in [7, 11) is 1.89. The van der Waals surface area contributed by atoms with Crippen LogP contribution >= 0.6 is 11.6 Å². The minimum atomic E-state index is 0.166. The van der Waals surface area contributed by atoms with Crippen molar-refractivity contribution in [1.82, 2.24) is 4.90 Å². The molecule has 1 aromatic rings. The van der Waals surface area contributed by atoms with Gasteiger partial charge in [-0.1, -0.05) is 23.7 Å². The number of ether oxygens (including phenoxy) is 1. The van der Waals surface area contributed by atoms with Gasteiger partial charge in [-0.3, -0.25) is 4.79 Å². The van der Waals surface area contributed by atoms with Crippen LogP contribution in [-0.4, -0.2) is 37.6 Å². The molecule has 0 aliphatic carbocycles. The highest BCUT2D eigenvalue weighted by Gasteiger charge is 2.16. The van der Waals surface area contributed by atoms with Crippen molar-refractivity contribution in [1.29, 1.82) is 0 Å². The zero-order chi connectivity index (χ0) is 14.4. The van der Waals surface area contributed by atoms with Gasteiger partial charge < -0.3 is 9.64 Å². The van der Waals surface area contributed by atoms with Crippen molar-refractivity contribution in [2.45, 2.75) is 25.7 Å². The molecule has 20 heavy (non-hydrogen) atoms. The molecule has 1 amide bonds. The molecular weight excluding hydrogens is 274 g/mol. The van der Waals surface area contributed by atoms with Crippen molar-refractivity contribution in [2.75, 3.05) is 26.8 Å². The van der Waals surface area contributed by atoms with Gasteiger partial charge in [-0.2, -0.15) is 0 Å². The molecule has 0 unspecified atom stereocenters. The molecule has 1 aliphatic rings. The lowest BCUT2D eigenvalue weighted by atomic mass is 9.96. The van der Waals surface area contributed by atoms with Crippen LogP contribution in [0.3, 0.4) is 0 Å². The second kappa shape index (κ2) is 7.65. The van der Waals surface area contributed by atoms with Crippen LogP contribution in [0.4, 0.5) is 0 Å². The van der Waals surface area contributed by atoms with Crippen molar-refractivity contribution in [3.05, 3.63) is 34.9 Å². The second-order valence-corrected chi connectivity index (χ2v) is 5.90. The van der Waals surface area contributed by atoms with Gasteiger partial charge >= 0.3 is 0 Å². The normalized spacial score (nSPS) is 16.1. The molecule has 1 aromatic carbocycles. The monoisotopic (exact) mass is 295 g/mol. The highest BCUT2D eigenvalue weighted by molar-refractivity contribution is 6.30. The summed E-state index contributed by atoms with van der Waals surface area (Å²) in [6.45, 7) is 2.57. The van der Waals surface area contributed by atoms with Crippen LogP contribution in [0, 0.1) is 5.92 Å². The Kier molecular flexibility index (Phi) is 5.86. The lowest BCUT2D eigenvalue weighted by Gasteiger charge is -2.25. The summed E-state index contributed by atoms with van der Waals surface area (Å²) in [4.78, 5) is 14.0. The highest BCUT2D eigenvalue weighted by atomic mass is 35.5. The summed E-state index contributed by atoms with van der Waals surface area (Å²) >= 11 is 5.84. The predicted octanol–water partition coefficient (Wildman–Crippen LogP) is 3.16. The first-order chi connectivity index (χ1) is 9.65. The van der Waals surface area contributed by atoms with Crippen LogP contribution in [0.25, 0.3) is 0 Å². The van der Waals surface area contributed by atoms with E-state index in [0.717, 1.165) is 44.6 Å². The van der Waals surface area contributed by atoms with E-state index in [1.54, 1.807) is 0 Å². The summed E-state index contributed by atoms with van der Waals surface area (Å²) in [5, 5.41) is 0.703. The topological polar surface area (TPSA) is 29.5 Å². The van der Waals surface area contributed by atoms with Gasteiger partial charge in [0.05, 0.1) is 6.42 Å². The van der Waals surface area contributed by atoms with Crippen LogP contribution in [0.1, 0.15) is 24.8 Å². The number of carbonyl (C=O) groups excluding carboxylic acids is 1. The molecule has 1 heterocycles. The van der Waals surface area contributed by atoms with E-state index in [9.17, 15) is 4.79 Å². The first-order valence-electron chi connectivity index (χ1n) is 7.21. The molecule has 0 radical (unpaired) electrons. The lowest BCUT2D eigenvalue weighted by Crippen LogP contribution is -2.31. The Morgan fingerprint density at radius 1 is 1.30 bits per heavy atom. The van der Waals surface area contributed by atoms with Crippen molar-refractivity contribution in [2.24, 2.45) is 5.92 Å². The van der Waals surface area contributed by atoms with Crippen molar-refractivity contribution < 1.29 is 9.53 Å². The van der Waals surface area contributed by atoms with Crippen LogP contribution < -0.4 is 0 Å². The summed E-state index contributed by atoms with van der Waals surface area (Å²) < 4.78 is 5.35. The standard InChI is InChI=1S/C16H22ClNO2/c1-18(9-6-13-7-10-20-11-8-13)16(19)12-14-2-4-15(17)5-3-14/h2-5,13H,6-12H2,1H3. The molecule has 0 N–H and O–H groups in total. The van der Waals surface area contributed by atoms with E-state index in [-0.39, 0.29) is 5.91 Å². The van der Waals surface area contributed by atoms with Gasteiger partial charge in [0.2, 0.25) is 5.91 Å². The Labute approximate surface area is 125 Å². The van der Waals surface area contributed by atoms with Crippen molar-refractivity contribution in [3.8, 4) is 0 Å². The molecule has 110 valence electrons. The fraction of sp³-hybridized carbons (Fsp3) is 0.562. The third-order valence-corrected chi connectivity index (χ3v) is 4.16. The highest BCUT2D eigenvalue weighted by Crippen LogP contribution is 2.18. The van der Waals surface area contributed by atoms with Crippen LogP contribution in [0.15, 0.2) is 24.3 Å². The van der Waals surface area contributed by atoms with Gasteiger partial charge in [0.25, 0.3) is 0 Å². The number of rotatable bonds is 5. The maximum Gasteiger partial charge on any atom is 0.226 e. The minimum Gasteiger partial charge on any atom is -0.381 e. The quantitative estimate of drug-likeness (QED) is 0.835. The van der Waals surface area contributed by atoms with Gasteiger partial charge in [0.1, 0.15) is 0 Å². The van der Waals surface area contributed by atoms with E-state index in [2.05, 4.69) is 0 Å². The number of nitrogens with zero attached hydrogens (tertiary/aromatic N) is 1. The molecule has 0 aromatic heterocycles. The first kappa shape index (κ1) is 15.3. The number of halogens is 1. The minimum absolute atomic E-state index is 0.166. The Bertz CT molecular complexity index is 427. The second-order valence-electron chi connectivity index (χ2n) is 5.46. The van der Waals surface area contributed by atoms with Crippen molar-refractivity contribution >= 4 is 17.5 Å². The van der Waals surface area contributed by atoms with Crippen LogP contribution in [0.2, 0.25) is 5.02 Å². The average Bonchev–Trinajstić information content (AvgIpc) is 2.48. The van der Waals surface area contributed by atoms with Gasteiger partial charge in [-0.05, 0) is 42.9 Å². The smallest absolute Gasteiger partial charge is 0.226 e. The van der Waals surface area contributed by atoms with E-state index >= 15 is 0 Å². The van der Waals surface area contributed by atoms with E-state index in [1.807, 2.05) is 36.2 Å². The Morgan fingerprint density at radius 3 is 2.60 bits per heavy atom. The van der Waals surface area contributed by atoms with E-state index in [1.165, 1.54) is 0 Å². The number of carbonyl (C=O) groups is 1. The SMILES string of the molecule is CN(CCC1CCOCC1)C(=O)Cc1ccc(Cl)cc1. The predicted molar refractivity (Wildman–Crippen MR) is 81.0 cm³/mol. The molecule has 0 bridgehead atoms. The van der Waals surface area contributed by atoms with Gasteiger partial charge in [-0.15, -0.1) is 0 Å². The van der Waals surface area contributed by atoms with E-state index < -0.39 is 0 Å². The maximum absolute atomic E-state index is 12.1. The summed E-state index contributed by atoms with van der Waals surface area (Å²) in [6, 6.07) is 7.47. The van der Waals surface area contributed by atoms with Crippen LogP contribution in [0.5, 0.6) is 0 Å². The maximum atomic E-state index is 12.1. The summed E-state index contributed by atoms with van der Waals surface area (Å²) in [6.07, 6.45) is 3.77. The summed E-state index contributed by atoms with van der Waals surface area (Å²) in [5.41, 5.74) is 1.01. The van der Waals surface area contributed by atoms with E-state index in [0.29, 0.717) is 17.4 Å². The fourth-order valence-electron chi connectivity index (χ4n) is 2.45. The van der Waals surface area contributed by atoms with E-state index in [4.69, 9.17) is 16.3 Å². The molecule has 3 nitrogen and oxygen atoms in total. The Hall–Kier alpha value is -1.06. The summed E-state index contributed by atoms with van der Waals surface area (Å²) in [5.74, 6) is 0.869. The molecule has 4 heteroatoms. The average molecular weight is 296 g/mol. The molecule has 1 saturated heterocycles. The number of amides is 1. The fourth-order valence-corrected chi connectivity index (χ4v) is 2.57. The van der Waals surface area contributed by atoms with Gasteiger partial charge in [-0.25, -0.2) is 0 Å². The largest absolute Gasteiger partial charge is 0.381 e. The molecule has 0 spiro atoms. The number of hydrogen-bond donors (Lipinski definition) is 0. The number of benzene rings is 1. The number of hydrogen-bond acceptors (Lipinski definition) is 2. The van der Waals surface area contributed by atoms with Gasteiger partial charge in [0, 0.05) is 31.8 Å². The molecule has 0 atom stereocenters. The Morgan fingerprint density at radius 2 is 1.95 bits per heavy atom. The Balaban J connectivity index is 1.75. The molecule has 1 fully saturated rings. The third-order valence-electron chi connectivity index (χ3n) is 3.91. The van der Waals surface area contributed by atoms with Crippen LogP contribution in [-0.2, 0) is 16.0 Å². The lowest BCUT2D eigenvalue weighted by molar-refractivity contribution is -0.129. The molecule has 0 saturated carbocycles. The molecular formula is C16H22ClNO2.